The quantitative estimate of drug-likeness (QED) is 0.517. The fraction of sp³-hybridized carbons (Fsp3) is 0.261. The molecule has 2 aromatic heterocycles. The fourth-order valence-electron chi connectivity index (χ4n) is 3.93. The van der Waals surface area contributed by atoms with Crippen LogP contribution in [0, 0.1) is 0 Å². The number of rotatable bonds is 5. The number of H-pyrrole nitrogens is 1. The van der Waals surface area contributed by atoms with Crippen LogP contribution in [0.15, 0.2) is 53.5 Å². The summed E-state index contributed by atoms with van der Waals surface area (Å²) in [6, 6.07) is 12.8. The summed E-state index contributed by atoms with van der Waals surface area (Å²) in [5, 5.41) is 9.27. The lowest BCUT2D eigenvalue weighted by Crippen LogP contribution is -2.37. The third kappa shape index (κ3) is 3.56. The number of morpholine rings is 1. The average molecular weight is 433 g/mol. The number of nitrogens with zero attached hydrogens (tertiary/aromatic N) is 4. The summed E-state index contributed by atoms with van der Waals surface area (Å²) in [4.78, 5) is 18.4. The molecule has 0 spiro atoms. The maximum atomic E-state index is 12.8. The zero-order valence-corrected chi connectivity index (χ0v) is 17.9. The van der Waals surface area contributed by atoms with Crippen LogP contribution in [0.2, 0.25) is 0 Å². The Labute approximate surface area is 184 Å². The van der Waals surface area contributed by atoms with E-state index in [0.29, 0.717) is 35.8 Å². The van der Waals surface area contributed by atoms with Crippen molar-refractivity contribution in [1.82, 2.24) is 20.0 Å². The maximum absolute atomic E-state index is 12.8. The summed E-state index contributed by atoms with van der Waals surface area (Å²) in [5.41, 5.74) is 2.95. The van der Waals surface area contributed by atoms with E-state index in [9.17, 15) is 4.79 Å². The summed E-state index contributed by atoms with van der Waals surface area (Å²) in [7, 11) is 3.18. The molecule has 164 valence electrons. The van der Waals surface area contributed by atoms with Crippen LogP contribution in [0.5, 0.6) is 11.5 Å². The molecule has 0 bridgehead atoms. The molecule has 4 aromatic rings. The normalized spacial score (nSPS) is 14.0. The lowest BCUT2D eigenvalue weighted by atomic mass is 10.1. The van der Waals surface area contributed by atoms with E-state index < -0.39 is 0 Å². The van der Waals surface area contributed by atoms with Crippen LogP contribution < -0.4 is 19.8 Å². The van der Waals surface area contributed by atoms with Gasteiger partial charge in [-0.05, 0) is 18.2 Å². The van der Waals surface area contributed by atoms with Crippen LogP contribution in [0.3, 0.4) is 0 Å². The molecule has 0 amide bonds. The molecule has 0 saturated carbocycles. The van der Waals surface area contributed by atoms with Gasteiger partial charge < -0.3 is 24.1 Å². The van der Waals surface area contributed by atoms with Gasteiger partial charge in [-0.15, -0.1) is 5.10 Å². The van der Waals surface area contributed by atoms with Crippen molar-refractivity contribution in [2.24, 2.45) is 0 Å². The number of hydrogen-bond acceptors (Lipinski definition) is 7. The minimum atomic E-state index is -0.0330. The Morgan fingerprint density at radius 1 is 1.03 bits per heavy atom. The van der Waals surface area contributed by atoms with Crippen LogP contribution in [0.1, 0.15) is 0 Å². The molecular weight excluding hydrogens is 410 g/mol. The highest BCUT2D eigenvalue weighted by molar-refractivity contribution is 5.93. The van der Waals surface area contributed by atoms with Gasteiger partial charge in [-0.25, -0.2) is 4.68 Å². The first-order valence-corrected chi connectivity index (χ1v) is 10.3. The molecule has 0 unspecified atom stereocenters. The van der Waals surface area contributed by atoms with E-state index in [1.54, 1.807) is 25.0 Å². The third-order valence-electron chi connectivity index (χ3n) is 5.60. The molecule has 32 heavy (non-hydrogen) atoms. The fourth-order valence-corrected chi connectivity index (χ4v) is 3.93. The lowest BCUT2D eigenvalue weighted by molar-refractivity contribution is 0.122. The van der Waals surface area contributed by atoms with E-state index in [-0.39, 0.29) is 5.43 Å². The standard InChI is InChI=1S/C23H23N5O4/c1-30-20-7-6-15(12-21(20)31-2)28-14-18(25-26-28)16-4-3-5-17-19(29)13-22(24-23(16)17)27-8-10-32-11-9-27/h3-7,12-14H,8-11H2,1-2H3,(H,24,29). The Hall–Kier alpha value is -3.85. The number of ether oxygens (including phenoxy) is 3. The van der Waals surface area contributed by atoms with Gasteiger partial charge in [0.25, 0.3) is 0 Å². The largest absolute Gasteiger partial charge is 0.493 e. The van der Waals surface area contributed by atoms with Gasteiger partial charge in [0, 0.05) is 36.2 Å². The first-order valence-electron chi connectivity index (χ1n) is 10.3. The molecule has 0 atom stereocenters. The van der Waals surface area contributed by atoms with E-state index in [1.165, 1.54) is 0 Å². The van der Waals surface area contributed by atoms with E-state index in [2.05, 4.69) is 20.2 Å². The highest BCUT2D eigenvalue weighted by Gasteiger charge is 2.17. The van der Waals surface area contributed by atoms with Crippen molar-refractivity contribution in [3.05, 3.63) is 58.9 Å². The number of benzene rings is 2. The minimum Gasteiger partial charge on any atom is -0.493 e. The van der Waals surface area contributed by atoms with Gasteiger partial charge >= 0.3 is 0 Å². The van der Waals surface area contributed by atoms with Gasteiger partial charge in [0.2, 0.25) is 0 Å². The van der Waals surface area contributed by atoms with Gasteiger partial charge in [0.15, 0.2) is 16.9 Å². The van der Waals surface area contributed by atoms with E-state index >= 15 is 0 Å². The van der Waals surface area contributed by atoms with Gasteiger partial charge in [0.05, 0.1) is 44.8 Å². The molecule has 9 heteroatoms. The molecule has 9 nitrogen and oxygen atoms in total. The summed E-state index contributed by atoms with van der Waals surface area (Å²) < 4.78 is 17.8. The number of pyridine rings is 1. The van der Waals surface area contributed by atoms with Gasteiger partial charge in [-0.2, -0.15) is 0 Å². The molecule has 1 fully saturated rings. The molecule has 5 rings (SSSR count). The Balaban J connectivity index is 1.57. The van der Waals surface area contributed by atoms with Gasteiger partial charge in [-0.1, -0.05) is 17.3 Å². The second kappa shape index (κ2) is 8.35. The van der Waals surface area contributed by atoms with Gasteiger partial charge in [-0.3, -0.25) is 4.79 Å². The third-order valence-corrected chi connectivity index (χ3v) is 5.60. The topological polar surface area (TPSA) is 94.5 Å². The number of hydrogen-bond donors (Lipinski definition) is 1. The molecule has 3 heterocycles. The van der Waals surface area contributed by atoms with Crippen LogP contribution in [-0.2, 0) is 4.74 Å². The maximum Gasteiger partial charge on any atom is 0.191 e. The number of methoxy groups -OCH3 is 2. The Kier molecular flexibility index (Phi) is 5.24. The lowest BCUT2D eigenvalue weighted by Gasteiger charge is -2.28. The van der Waals surface area contributed by atoms with Crippen molar-refractivity contribution in [1.29, 1.82) is 0 Å². The number of para-hydroxylation sites is 1. The predicted octanol–water partition coefficient (Wildman–Crippen LogP) is 2.63. The number of aromatic nitrogens is 4. The van der Waals surface area contributed by atoms with Crippen molar-refractivity contribution >= 4 is 16.7 Å². The van der Waals surface area contributed by atoms with Crippen molar-refractivity contribution in [3.8, 4) is 28.4 Å². The molecule has 1 N–H and O–H groups in total. The van der Waals surface area contributed by atoms with Crippen LogP contribution >= 0.6 is 0 Å². The summed E-state index contributed by atoms with van der Waals surface area (Å²) in [5.74, 6) is 2.02. The summed E-state index contributed by atoms with van der Waals surface area (Å²) >= 11 is 0. The Morgan fingerprint density at radius 2 is 1.84 bits per heavy atom. The highest BCUT2D eigenvalue weighted by atomic mass is 16.5. The zero-order chi connectivity index (χ0) is 22.1. The van der Waals surface area contributed by atoms with Gasteiger partial charge in [0.1, 0.15) is 11.5 Å². The Morgan fingerprint density at radius 3 is 2.62 bits per heavy atom. The zero-order valence-electron chi connectivity index (χ0n) is 17.9. The highest BCUT2D eigenvalue weighted by Crippen LogP contribution is 2.30. The monoisotopic (exact) mass is 433 g/mol. The van der Waals surface area contributed by atoms with E-state index in [0.717, 1.165) is 35.7 Å². The molecule has 0 aliphatic carbocycles. The van der Waals surface area contributed by atoms with Crippen LogP contribution in [0.4, 0.5) is 5.82 Å². The molecule has 1 aliphatic rings. The number of aromatic amines is 1. The first kappa shape index (κ1) is 20.1. The smallest absolute Gasteiger partial charge is 0.191 e. The van der Waals surface area contributed by atoms with Crippen molar-refractivity contribution in [3.63, 3.8) is 0 Å². The summed E-state index contributed by atoms with van der Waals surface area (Å²) in [6.07, 6.45) is 1.83. The number of fused-ring (bicyclic) bond motifs is 1. The molecule has 1 saturated heterocycles. The summed E-state index contributed by atoms with van der Waals surface area (Å²) in [6.45, 7) is 2.75. The first-order chi connectivity index (χ1) is 15.7. The number of anilines is 1. The number of nitrogens with one attached hydrogen (secondary N) is 1. The average Bonchev–Trinajstić information content (AvgIpc) is 3.34. The molecule has 0 radical (unpaired) electrons. The molecule has 1 aliphatic heterocycles. The SMILES string of the molecule is COc1ccc(-n2cc(-c3cccc4c(=O)cc(N5CCOCC5)[nH]c34)nn2)cc1OC. The molecule has 2 aromatic carbocycles. The van der Waals surface area contributed by atoms with Crippen molar-refractivity contribution < 1.29 is 14.2 Å². The second-order valence-corrected chi connectivity index (χ2v) is 7.43. The predicted molar refractivity (Wildman–Crippen MR) is 121 cm³/mol. The van der Waals surface area contributed by atoms with Crippen molar-refractivity contribution in [2.75, 3.05) is 45.4 Å². The van der Waals surface area contributed by atoms with Crippen LogP contribution in [0.25, 0.3) is 27.8 Å². The van der Waals surface area contributed by atoms with Crippen LogP contribution in [-0.4, -0.2) is 60.5 Å². The van der Waals surface area contributed by atoms with E-state index in [1.807, 2.05) is 42.6 Å². The Bertz CT molecular complexity index is 1320. The van der Waals surface area contributed by atoms with Crippen molar-refractivity contribution in [2.45, 2.75) is 0 Å². The molecular formula is C23H23N5O4. The minimum absolute atomic E-state index is 0.0330. The van der Waals surface area contributed by atoms with E-state index in [4.69, 9.17) is 14.2 Å². The second-order valence-electron chi connectivity index (χ2n) is 7.43.